The number of anilines is 3. The molecule has 13 rings (SSSR count). The highest BCUT2D eigenvalue weighted by molar-refractivity contribution is 7.26. The Bertz CT molecular complexity index is 3650. The van der Waals surface area contributed by atoms with Crippen molar-refractivity contribution in [3.63, 3.8) is 0 Å². The van der Waals surface area contributed by atoms with Gasteiger partial charge in [0.25, 0.3) is 0 Å². The van der Waals surface area contributed by atoms with Crippen LogP contribution in [0.1, 0.15) is 22.3 Å². The highest BCUT2D eigenvalue weighted by Crippen LogP contribution is 2.60. The van der Waals surface area contributed by atoms with Crippen LogP contribution in [0.5, 0.6) is 0 Å². The van der Waals surface area contributed by atoms with E-state index in [-0.39, 0.29) is 0 Å². The molecule has 12 aromatic rings. The molecule has 0 aliphatic heterocycles. The Balaban J connectivity index is 1.07. The van der Waals surface area contributed by atoms with Gasteiger partial charge in [-0.05, 0) is 92.9 Å². The van der Waals surface area contributed by atoms with Crippen LogP contribution in [0.2, 0.25) is 0 Å². The van der Waals surface area contributed by atoms with Crippen LogP contribution in [0.3, 0.4) is 0 Å². The number of furan rings is 1. The molecule has 2 aromatic heterocycles. The minimum Gasteiger partial charge on any atom is -0.455 e. The summed E-state index contributed by atoms with van der Waals surface area (Å²) >= 11 is 1.86. The first kappa shape index (κ1) is 35.1. The van der Waals surface area contributed by atoms with Gasteiger partial charge >= 0.3 is 0 Å². The molecule has 0 fully saturated rings. The molecule has 0 spiro atoms. The Morgan fingerprint density at radius 3 is 1.85 bits per heavy atom. The normalized spacial score (nSPS) is 13.0. The quantitative estimate of drug-likeness (QED) is 0.166. The first-order valence-corrected chi connectivity index (χ1v) is 22.1. The SMILES string of the molecule is c1ccc(C2(c3ccccc3)c3ccccc3-c3c(N(c4ccc(-c5cccc6oc7c8ccccc8ccc7c56)cc4)c4cccc5sc6ccccc6c45)cccc32)cc1. The number of nitrogens with zero attached hydrogens (tertiary/aromatic N) is 1. The standard InChI is InChI=1S/C59H37NOS/c1-3-17-40(18-4-1)59(41-19-5-2-6-20-41)48-25-11-9-22-45(48)56-49(59)26-14-27-50(56)60(51-28-15-31-54-57(51)46-23-10-12-30-53(46)62-54)42-35-32-39(33-36-42)43-24-13-29-52-55(43)47-37-34-38-16-7-8-21-44(38)58(47)61-52/h1-37H. The smallest absolute Gasteiger partial charge is 0.143 e. The van der Waals surface area contributed by atoms with E-state index in [1.807, 2.05) is 11.3 Å². The number of hydrogen-bond donors (Lipinski definition) is 0. The number of thiophene rings is 1. The van der Waals surface area contributed by atoms with Gasteiger partial charge in [-0.1, -0.05) is 176 Å². The largest absolute Gasteiger partial charge is 0.455 e. The summed E-state index contributed by atoms with van der Waals surface area (Å²) in [6.07, 6.45) is 0. The van der Waals surface area contributed by atoms with Crippen molar-refractivity contribution in [2.45, 2.75) is 5.41 Å². The second-order valence-electron chi connectivity index (χ2n) is 16.3. The third kappa shape index (κ3) is 4.97. The molecule has 2 nitrogen and oxygen atoms in total. The van der Waals surface area contributed by atoms with E-state index in [1.54, 1.807) is 0 Å². The summed E-state index contributed by atoms with van der Waals surface area (Å²) in [7, 11) is 0. The van der Waals surface area contributed by atoms with Gasteiger partial charge < -0.3 is 9.32 Å². The van der Waals surface area contributed by atoms with Crippen molar-refractivity contribution >= 4 is 81.3 Å². The zero-order valence-corrected chi connectivity index (χ0v) is 34.4. The molecular weight excluding hydrogens is 771 g/mol. The molecule has 0 saturated heterocycles. The number of benzene rings is 10. The van der Waals surface area contributed by atoms with Crippen molar-refractivity contribution < 1.29 is 4.42 Å². The van der Waals surface area contributed by atoms with Crippen LogP contribution < -0.4 is 4.90 Å². The summed E-state index contributed by atoms with van der Waals surface area (Å²) in [4.78, 5) is 2.52. The molecule has 0 radical (unpaired) electrons. The molecule has 1 aliphatic rings. The monoisotopic (exact) mass is 807 g/mol. The molecule has 0 saturated carbocycles. The molecule has 1 aliphatic carbocycles. The Hall–Kier alpha value is -7.72. The Morgan fingerprint density at radius 1 is 0.403 bits per heavy atom. The van der Waals surface area contributed by atoms with Crippen molar-refractivity contribution in [2.75, 3.05) is 4.90 Å². The molecule has 0 amide bonds. The van der Waals surface area contributed by atoms with Crippen molar-refractivity contribution in [3.8, 4) is 22.3 Å². The molecule has 62 heavy (non-hydrogen) atoms. The van der Waals surface area contributed by atoms with E-state index in [9.17, 15) is 0 Å². The average molecular weight is 808 g/mol. The van der Waals surface area contributed by atoms with E-state index >= 15 is 0 Å². The van der Waals surface area contributed by atoms with Crippen molar-refractivity contribution in [1.82, 2.24) is 0 Å². The fourth-order valence-electron chi connectivity index (χ4n) is 10.6. The fraction of sp³-hybridized carbons (Fsp3) is 0.0169. The Morgan fingerprint density at radius 2 is 1.03 bits per heavy atom. The second kappa shape index (κ2) is 13.7. The van der Waals surface area contributed by atoms with Crippen LogP contribution in [0.15, 0.2) is 229 Å². The van der Waals surface area contributed by atoms with E-state index in [2.05, 4.69) is 229 Å². The van der Waals surface area contributed by atoms with Crippen LogP contribution in [0, 0.1) is 0 Å². The lowest BCUT2D eigenvalue weighted by Crippen LogP contribution is -2.28. The molecule has 3 heteroatoms. The zero-order chi connectivity index (χ0) is 40.8. The number of fused-ring (bicyclic) bond motifs is 11. The number of rotatable bonds is 6. The average Bonchev–Trinajstić information content (AvgIpc) is 4.02. The maximum Gasteiger partial charge on any atom is 0.143 e. The maximum absolute atomic E-state index is 6.62. The molecule has 2 heterocycles. The van der Waals surface area contributed by atoms with Gasteiger partial charge in [-0.3, -0.25) is 0 Å². The predicted octanol–water partition coefficient (Wildman–Crippen LogP) is 16.6. The van der Waals surface area contributed by atoms with Gasteiger partial charge in [0.05, 0.1) is 16.8 Å². The van der Waals surface area contributed by atoms with Gasteiger partial charge in [0, 0.05) is 47.6 Å². The topological polar surface area (TPSA) is 16.4 Å². The molecular formula is C59H37NOS. The Kier molecular flexibility index (Phi) is 7.72. The second-order valence-corrected chi connectivity index (χ2v) is 17.4. The van der Waals surface area contributed by atoms with E-state index < -0.39 is 5.41 Å². The Labute approximate surface area is 363 Å². The predicted molar refractivity (Wildman–Crippen MR) is 262 cm³/mol. The summed E-state index contributed by atoms with van der Waals surface area (Å²) in [6.45, 7) is 0. The van der Waals surface area contributed by atoms with E-state index in [1.165, 1.54) is 58.9 Å². The minimum absolute atomic E-state index is 0.515. The minimum atomic E-state index is -0.515. The maximum atomic E-state index is 6.62. The summed E-state index contributed by atoms with van der Waals surface area (Å²) in [5.74, 6) is 0. The molecule has 0 atom stereocenters. The van der Waals surface area contributed by atoms with Crippen LogP contribution in [-0.4, -0.2) is 0 Å². The van der Waals surface area contributed by atoms with Gasteiger partial charge in [-0.25, -0.2) is 0 Å². The molecule has 0 N–H and O–H groups in total. The highest BCUT2D eigenvalue weighted by atomic mass is 32.1. The van der Waals surface area contributed by atoms with Gasteiger partial charge in [-0.2, -0.15) is 0 Å². The summed E-state index contributed by atoms with van der Waals surface area (Å²) in [6, 6.07) is 82.3. The van der Waals surface area contributed by atoms with Crippen molar-refractivity contribution in [1.29, 1.82) is 0 Å². The third-order valence-corrected chi connectivity index (χ3v) is 14.3. The van der Waals surface area contributed by atoms with Crippen LogP contribution in [0.25, 0.3) is 75.1 Å². The van der Waals surface area contributed by atoms with Gasteiger partial charge in [0.15, 0.2) is 0 Å². The lowest BCUT2D eigenvalue weighted by Gasteiger charge is -2.34. The van der Waals surface area contributed by atoms with E-state index in [4.69, 9.17) is 4.42 Å². The van der Waals surface area contributed by atoms with Crippen LogP contribution >= 0.6 is 11.3 Å². The van der Waals surface area contributed by atoms with Crippen LogP contribution in [-0.2, 0) is 5.41 Å². The summed E-state index contributed by atoms with van der Waals surface area (Å²) in [5, 5.41) is 7.12. The zero-order valence-electron chi connectivity index (χ0n) is 33.6. The van der Waals surface area contributed by atoms with Crippen LogP contribution in [0.4, 0.5) is 17.1 Å². The third-order valence-electron chi connectivity index (χ3n) is 13.1. The van der Waals surface area contributed by atoms with Gasteiger partial charge in [0.1, 0.15) is 11.2 Å². The van der Waals surface area contributed by atoms with Crippen molar-refractivity contribution in [2.24, 2.45) is 0 Å². The van der Waals surface area contributed by atoms with Gasteiger partial charge in [0.2, 0.25) is 0 Å². The van der Waals surface area contributed by atoms with E-state index in [0.29, 0.717) is 0 Å². The first-order chi connectivity index (χ1) is 30.8. The fourth-order valence-corrected chi connectivity index (χ4v) is 11.7. The first-order valence-electron chi connectivity index (χ1n) is 21.3. The molecule has 10 aromatic carbocycles. The molecule has 0 unspecified atom stereocenters. The molecule has 0 bridgehead atoms. The van der Waals surface area contributed by atoms with Crippen molar-refractivity contribution in [3.05, 3.63) is 247 Å². The number of hydrogen-bond acceptors (Lipinski definition) is 3. The summed E-state index contributed by atoms with van der Waals surface area (Å²) in [5.41, 5.74) is 14.6. The lowest BCUT2D eigenvalue weighted by atomic mass is 9.68. The molecule has 290 valence electrons. The summed E-state index contributed by atoms with van der Waals surface area (Å²) < 4.78 is 9.18. The van der Waals surface area contributed by atoms with Gasteiger partial charge in [-0.15, -0.1) is 11.3 Å². The van der Waals surface area contributed by atoms with E-state index in [0.717, 1.165) is 55.5 Å². The highest BCUT2D eigenvalue weighted by Gasteiger charge is 2.47. The lowest BCUT2D eigenvalue weighted by molar-refractivity contribution is 0.673.